The van der Waals surface area contributed by atoms with E-state index < -0.39 is 0 Å². The average Bonchev–Trinajstić information content (AvgIpc) is 3.47. The molecule has 27 heavy (non-hydrogen) atoms. The second-order valence-corrected chi connectivity index (χ2v) is 8.95. The smallest absolute Gasteiger partial charge is 0.257 e. The predicted molar refractivity (Wildman–Crippen MR) is 108 cm³/mol. The molecule has 3 heterocycles. The van der Waals surface area contributed by atoms with Crippen LogP contribution in [-0.2, 0) is 6.42 Å². The van der Waals surface area contributed by atoms with E-state index >= 15 is 0 Å². The third kappa shape index (κ3) is 4.30. The molecular weight excluding hydrogens is 378 g/mol. The fourth-order valence-electron chi connectivity index (χ4n) is 3.54. The molecule has 0 aromatic carbocycles. The third-order valence-corrected chi connectivity index (χ3v) is 7.12. The highest BCUT2D eigenvalue weighted by Gasteiger charge is 2.27. The zero-order valence-corrected chi connectivity index (χ0v) is 16.9. The van der Waals surface area contributed by atoms with E-state index in [2.05, 4.69) is 22.4 Å². The van der Waals surface area contributed by atoms with Crippen molar-refractivity contribution in [2.75, 3.05) is 6.54 Å². The van der Waals surface area contributed by atoms with Crippen LogP contribution in [0.4, 0.5) is 0 Å². The number of rotatable bonds is 6. The first kappa shape index (κ1) is 18.4. The monoisotopic (exact) mass is 401 g/mol. The Morgan fingerprint density at radius 3 is 2.81 bits per heavy atom. The maximum atomic E-state index is 12.3. The molecule has 0 saturated heterocycles. The van der Waals surface area contributed by atoms with Crippen molar-refractivity contribution in [3.63, 3.8) is 0 Å². The molecule has 1 aliphatic rings. The Morgan fingerprint density at radius 2 is 2.11 bits per heavy atom. The van der Waals surface area contributed by atoms with Gasteiger partial charge in [0.1, 0.15) is 0 Å². The fraction of sp³-hybridized carbons (Fsp3) is 0.450. The summed E-state index contributed by atoms with van der Waals surface area (Å²) in [5, 5.41) is 15.5. The topological polar surface area (TPSA) is 68.0 Å². The van der Waals surface area contributed by atoms with Crippen molar-refractivity contribution in [3.8, 4) is 10.8 Å². The molecule has 0 atom stereocenters. The van der Waals surface area contributed by atoms with Crippen molar-refractivity contribution in [1.82, 2.24) is 15.5 Å². The molecule has 3 aromatic heterocycles. The molecule has 1 N–H and O–H groups in total. The quantitative estimate of drug-likeness (QED) is 0.622. The first-order valence-electron chi connectivity index (χ1n) is 9.45. The van der Waals surface area contributed by atoms with Crippen LogP contribution < -0.4 is 5.32 Å². The second-order valence-electron chi connectivity index (χ2n) is 7.01. The van der Waals surface area contributed by atoms with Gasteiger partial charge in [0.15, 0.2) is 0 Å². The van der Waals surface area contributed by atoms with E-state index in [1.807, 2.05) is 29.0 Å². The molecule has 142 valence electrons. The Balaban J connectivity index is 1.26. The molecular formula is C20H23N3O2S2. The second kappa shape index (κ2) is 8.35. The lowest BCUT2D eigenvalue weighted by Gasteiger charge is -2.26. The normalized spacial score (nSPS) is 19.9. The van der Waals surface area contributed by atoms with Crippen molar-refractivity contribution in [3.05, 3.63) is 45.3 Å². The summed E-state index contributed by atoms with van der Waals surface area (Å²) in [5.41, 5.74) is 0.789. The zero-order chi connectivity index (χ0) is 18.6. The van der Waals surface area contributed by atoms with E-state index in [0.717, 1.165) is 55.0 Å². The van der Waals surface area contributed by atoms with Gasteiger partial charge >= 0.3 is 0 Å². The fourth-order valence-corrected chi connectivity index (χ4v) is 5.00. The van der Waals surface area contributed by atoms with Crippen LogP contribution in [0.5, 0.6) is 0 Å². The van der Waals surface area contributed by atoms with Crippen LogP contribution in [0, 0.1) is 5.92 Å². The Kier molecular flexibility index (Phi) is 5.69. The molecule has 3 aromatic rings. The molecule has 0 aliphatic heterocycles. The number of nitrogens with one attached hydrogen (secondary N) is 1. The van der Waals surface area contributed by atoms with Gasteiger partial charge in [0.25, 0.3) is 11.8 Å². The van der Waals surface area contributed by atoms with Crippen LogP contribution in [0.2, 0.25) is 0 Å². The number of hydrogen-bond acceptors (Lipinski definition) is 6. The van der Waals surface area contributed by atoms with Crippen molar-refractivity contribution >= 4 is 28.6 Å². The summed E-state index contributed by atoms with van der Waals surface area (Å²) in [6, 6.07) is 5.98. The lowest BCUT2D eigenvalue weighted by Crippen LogP contribution is -2.30. The Bertz CT molecular complexity index is 877. The minimum atomic E-state index is 0.0468. The molecule has 0 unspecified atom stereocenters. The SMILES string of the molecule is CCc1cc(C(=O)NCC2CCC(c3nnc(-c4cccs4)o3)CC2)cs1. The summed E-state index contributed by atoms with van der Waals surface area (Å²) in [4.78, 5) is 14.6. The Labute approximate surface area is 166 Å². The molecule has 5 nitrogen and oxygen atoms in total. The summed E-state index contributed by atoms with van der Waals surface area (Å²) in [7, 11) is 0. The van der Waals surface area contributed by atoms with Crippen LogP contribution in [0.1, 0.15) is 59.7 Å². The molecule has 1 amide bonds. The first-order chi connectivity index (χ1) is 13.2. The lowest BCUT2D eigenvalue weighted by molar-refractivity contribution is 0.0942. The number of aryl methyl sites for hydroxylation is 1. The van der Waals surface area contributed by atoms with Gasteiger partial charge in [-0.1, -0.05) is 13.0 Å². The maximum Gasteiger partial charge on any atom is 0.257 e. The zero-order valence-electron chi connectivity index (χ0n) is 15.3. The first-order valence-corrected chi connectivity index (χ1v) is 11.2. The van der Waals surface area contributed by atoms with Gasteiger partial charge in [-0.15, -0.1) is 32.9 Å². The maximum absolute atomic E-state index is 12.3. The van der Waals surface area contributed by atoms with Crippen molar-refractivity contribution < 1.29 is 9.21 Å². The Hall–Kier alpha value is -1.99. The van der Waals surface area contributed by atoms with Crippen LogP contribution in [0.15, 0.2) is 33.4 Å². The van der Waals surface area contributed by atoms with Gasteiger partial charge in [0, 0.05) is 22.7 Å². The molecule has 7 heteroatoms. The largest absolute Gasteiger partial charge is 0.420 e. The van der Waals surface area contributed by atoms with Crippen molar-refractivity contribution in [2.24, 2.45) is 5.92 Å². The van der Waals surface area contributed by atoms with Gasteiger partial charge in [-0.25, -0.2) is 0 Å². The van der Waals surface area contributed by atoms with Gasteiger partial charge in [-0.3, -0.25) is 4.79 Å². The van der Waals surface area contributed by atoms with E-state index in [-0.39, 0.29) is 5.91 Å². The summed E-state index contributed by atoms with van der Waals surface area (Å²) >= 11 is 3.27. The van der Waals surface area contributed by atoms with Gasteiger partial charge in [-0.2, -0.15) is 0 Å². The van der Waals surface area contributed by atoms with Crippen molar-refractivity contribution in [2.45, 2.75) is 44.9 Å². The highest BCUT2D eigenvalue weighted by molar-refractivity contribution is 7.13. The van der Waals surface area contributed by atoms with Gasteiger partial charge < -0.3 is 9.73 Å². The number of carbonyl (C=O) groups excluding carboxylic acids is 1. The highest BCUT2D eigenvalue weighted by atomic mass is 32.1. The van der Waals surface area contributed by atoms with E-state index in [1.54, 1.807) is 22.7 Å². The van der Waals surface area contributed by atoms with E-state index in [4.69, 9.17) is 4.42 Å². The number of thiophene rings is 2. The van der Waals surface area contributed by atoms with Crippen LogP contribution in [0.3, 0.4) is 0 Å². The number of amides is 1. The molecule has 1 aliphatic carbocycles. The summed E-state index contributed by atoms with van der Waals surface area (Å²) in [6.45, 7) is 2.85. The molecule has 0 radical (unpaired) electrons. The van der Waals surface area contributed by atoms with Crippen LogP contribution in [-0.4, -0.2) is 22.6 Å². The molecule has 0 spiro atoms. The standard InChI is InChI=1S/C20H23N3O2S2/c1-2-16-10-15(12-27-16)18(24)21-11-13-5-7-14(8-6-13)19-22-23-20(25-19)17-4-3-9-26-17/h3-4,9-10,12-14H,2,5-8,11H2,1H3,(H,21,24). The Morgan fingerprint density at radius 1 is 1.26 bits per heavy atom. The lowest BCUT2D eigenvalue weighted by atomic mass is 9.82. The molecule has 4 rings (SSSR count). The summed E-state index contributed by atoms with van der Waals surface area (Å²) in [6.07, 6.45) is 5.19. The molecule has 0 bridgehead atoms. The molecule has 1 fully saturated rings. The molecule has 1 saturated carbocycles. The van der Waals surface area contributed by atoms with E-state index in [0.29, 0.717) is 17.7 Å². The van der Waals surface area contributed by atoms with Crippen molar-refractivity contribution in [1.29, 1.82) is 0 Å². The van der Waals surface area contributed by atoms with E-state index in [9.17, 15) is 4.79 Å². The number of carbonyl (C=O) groups is 1. The van der Waals surface area contributed by atoms with Crippen LogP contribution in [0.25, 0.3) is 10.8 Å². The summed E-state index contributed by atoms with van der Waals surface area (Å²) in [5.74, 6) is 2.28. The summed E-state index contributed by atoms with van der Waals surface area (Å²) < 4.78 is 5.89. The number of aromatic nitrogens is 2. The van der Waals surface area contributed by atoms with Gasteiger partial charge in [0.2, 0.25) is 5.89 Å². The predicted octanol–water partition coefficient (Wildman–Crippen LogP) is 5.13. The average molecular weight is 402 g/mol. The highest BCUT2D eigenvalue weighted by Crippen LogP contribution is 2.36. The van der Waals surface area contributed by atoms with Gasteiger partial charge in [0.05, 0.1) is 10.4 Å². The number of hydrogen-bond donors (Lipinski definition) is 1. The van der Waals surface area contributed by atoms with Crippen LogP contribution >= 0.6 is 22.7 Å². The minimum Gasteiger partial charge on any atom is -0.420 e. The van der Waals surface area contributed by atoms with E-state index in [1.165, 1.54) is 4.88 Å². The van der Waals surface area contributed by atoms with Gasteiger partial charge in [-0.05, 0) is 55.5 Å². The number of nitrogens with zero attached hydrogens (tertiary/aromatic N) is 2. The minimum absolute atomic E-state index is 0.0468. The third-order valence-electron chi connectivity index (χ3n) is 5.18.